The third-order valence-corrected chi connectivity index (χ3v) is 4.69. The molecule has 2 N–H and O–H groups in total. The quantitative estimate of drug-likeness (QED) is 0.845. The first-order valence-corrected chi connectivity index (χ1v) is 8.98. The first-order chi connectivity index (χ1) is 13.8. The highest BCUT2D eigenvalue weighted by molar-refractivity contribution is 5.84. The minimum atomic E-state index is -4.41. The Morgan fingerprint density at radius 1 is 0.966 bits per heavy atom. The van der Waals surface area contributed by atoms with Gasteiger partial charge in [0, 0.05) is 37.4 Å². The molecule has 154 valence electrons. The number of ether oxygens (including phenoxy) is 1. The highest BCUT2D eigenvalue weighted by Crippen LogP contribution is 2.32. The summed E-state index contributed by atoms with van der Waals surface area (Å²) in [4.78, 5) is 27.4. The summed E-state index contributed by atoms with van der Waals surface area (Å²) in [6.45, 7) is 1.26. The predicted octanol–water partition coefficient (Wildman–Crippen LogP) is 3.19. The Kier molecular flexibility index (Phi) is 5.95. The van der Waals surface area contributed by atoms with Gasteiger partial charge in [-0.25, -0.2) is 4.79 Å². The fraction of sp³-hybridized carbons (Fsp3) is 0.300. The summed E-state index contributed by atoms with van der Waals surface area (Å²) in [5.74, 6) is -0.418. The van der Waals surface area contributed by atoms with E-state index in [2.05, 4.69) is 0 Å². The number of nitrogens with two attached hydrogens (primary N) is 1. The summed E-state index contributed by atoms with van der Waals surface area (Å²) >= 11 is 0. The Balaban J connectivity index is 1.69. The topological polar surface area (TPSA) is 75.9 Å². The number of hydrogen-bond acceptors (Lipinski definition) is 4. The van der Waals surface area contributed by atoms with Gasteiger partial charge in [0.05, 0.1) is 5.56 Å². The van der Waals surface area contributed by atoms with E-state index in [0.717, 1.165) is 12.1 Å². The zero-order chi connectivity index (χ0) is 21.0. The van der Waals surface area contributed by atoms with E-state index in [-0.39, 0.29) is 13.1 Å². The van der Waals surface area contributed by atoms with Crippen LogP contribution >= 0.6 is 0 Å². The SMILES string of the molecule is NC(=O)O[C@@H](C(=O)N1CCN(c2cccc(C(F)(F)F)c2)CC1)c1ccccc1. The number of benzene rings is 2. The number of carbonyl (C=O) groups excluding carboxylic acids is 2. The van der Waals surface area contributed by atoms with Crippen LogP contribution in [0.4, 0.5) is 23.7 Å². The van der Waals surface area contributed by atoms with Gasteiger partial charge in [0.15, 0.2) is 0 Å². The Labute approximate surface area is 165 Å². The number of alkyl halides is 3. The molecule has 9 heteroatoms. The Bertz CT molecular complexity index is 866. The normalized spacial score (nSPS) is 15.7. The number of primary amides is 1. The molecule has 6 nitrogen and oxygen atoms in total. The smallest absolute Gasteiger partial charge is 0.416 e. The molecule has 1 fully saturated rings. The molecule has 1 aliphatic rings. The molecule has 0 unspecified atom stereocenters. The lowest BCUT2D eigenvalue weighted by atomic mass is 10.1. The van der Waals surface area contributed by atoms with Crippen LogP contribution in [0, 0.1) is 0 Å². The molecule has 1 aliphatic heterocycles. The molecule has 2 aromatic carbocycles. The second kappa shape index (κ2) is 8.42. The van der Waals surface area contributed by atoms with E-state index < -0.39 is 29.8 Å². The first kappa shape index (κ1) is 20.5. The molecule has 0 saturated carbocycles. The van der Waals surface area contributed by atoms with Crippen molar-refractivity contribution in [3.63, 3.8) is 0 Å². The Morgan fingerprint density at radius 2 is 1.62 bits per heavy atom. The maximum atomic E-state index is 12.9. The van der Waals surface area contributed by atoms with Crippen molar-refractivity contribution in [1.82, 2.24) is 4.90 Å². The van der Waals surface area contributed by atoms with Gasteiger partial charge in [-0.05, 0) is 18.2 Å². The minimum Gasteiger partial charge on any atom is -0.431 e. The Morgan fingerprint density at radius 3 is 2.21 bits per heavy atom. The van der Waals surface area contributed by atoms with Gasteiger partial charge in [-0.2, -0.15) is 13.2 Å². The zero-order valence-electron chi connectivity index (χ0n) is 15.4. The molecular weight excluding hydrogens is 387 g/mol. The molecule has 3 rings (SSSR count). The Hall–Kier alpha value is -3.23. The average molecular weight is 407 g/mol. The van der Waals surface area contributed by atoms with Gasteiger partial charge in [-0.15, -0.1) is 0 Å². The van der Waals surface area contributed by atoms with Crippen molar-refractivity contribution >= 4 is 17.7 Å². The molecule has 29 heavy (non-hydrogen) atoms. The fourth-order valence-corrected chi connectivity index (χ4v) is 3.23. The molecule has 2 amide bonds. The highest BCUT2D eigenvalue weighted by atomic mass is 19.4. The van der Waals surface area contributed by atoms with Crippen LogP contribution < -0.4 is 10.6 Å². The number of hydrogen-bond donors (Lipinski definition) is 1. The molecule has 0 aromatic heterocycles. The lowest BCUT2D eigenvalue weighted by Crippen LogP contribution is -2.50. The van der Waals surface area contributed by atoms with Crippen LogP contribution in [0.1, 0.15) is 17.2 Å². The van der Waals surface area contributed by atoms with Gasteiger partial charge < -0.3 is 20.3 Å². The summed E-state index contributed by atoms with van der Waals surface area (Å²) in [6.07, 6.45) is -6.63. The highest BCUT2D eigenvalue weighted by Gasteiger charge is 2.33. The number of carbonyl (C=O) groups is 2. The molecule has 0 aliphatic carbocycles. The maximum absolute atomic E-state index is 12.9. The second-order valence-corrected chi connectivity index (χ2v) is 6.59. The number of amides is 2. The lowest BCUT2D eigenvalue weighted by molar-refractivity contribution is -0.141. The van der Waals surface area contributed by atoms with Crippen LogP contribution in [0.3, 0.4) is 0 Å². The number of anilines is 1. The third kappa shape index (κ3) is 4.98. The van der Waals surface area contributed by atoms with Crippen molar-refractivity contribution in [2.75, 3.05) is 31.1 Å². The molecule has 0 spiro atoms. The van der Waals surface area contributed by atoms with Gasteiger partial charge in [0.1, 0.15) is 0 Å². The molecule has 0 radical (unpaired) electrons. The van der Waals surface area contributed by atoms with Crippen LogP contribution in [0.25, 0.3) is 0 Å². The summed E-state index contributed by atoms with van der Waals surface area (Å²) in [5, 5.41) is 0. The standard InChI is InChI=1S/C20H20F3N3O3/c21-20(22,23)15-7-4-8-16(13-15)25-9-11-26(12-10-25)18(27)17(29-19(24)28)14-5-2-1-3-6-14/h1-8,13,17H,9-12H2,(H2,24,28)/t17-/m1/s1. The predicted molar refractivity (Wildman–Crippen MR) is 100 cm³/mol. The van der Waals surface area contributed by atoms with Gasteiger partial charge in [0.2, 0.25) is 6.10 Å². The summed E-state index contributed by atoms with van der Waals surface area (Å²) in [6, 6.07) is 13.6. The number of halogens is 3. The largest absolute Gasteiger partial charge is 0.431 e. The van der Waals surface area contributed by atoms with Crippen molar-refractivity contribution in [1.29, 1.82) is 0 Å². The van der Waals surface area contributed by atoms with E-state index in [1.165, 1.54) is 11.0 Å². The molecular formula is C20H20F3N3O3. The van der Waals surface area contributed by atoms with Crippen LogP contribution in [0.15, 0.2) is 54.6 Å². The van der Waals surface area contributed by atoms with E-state index in [9.17, 15) is 22.8 Å². The van der Waals surface area contributed by atoms with Crippen molar-refractivity contribution in [3.05, 3.63) is 65.7 Å². The van der Waals surface area contributed by atoms with Crippen LogP contribution in [0.2, 0.25) is 0 Å². The second-order valence-electron chi connectivity index (χ2n) is 6.59. The minimum absolute atomic E-state index is 0.278. The number of nitrogens with zero attached hydrogens (tertiary/aromatic N) is 2. The molecule has 1 saturated heterocycles. The van der Waals surface area contributed by atoms with Gasteiger partial charge in [0.25, 0.3) is 5.91 Å². The zero-order valence-corrected chi connectivity index (χ0v) is 15.4. The lowest BCUT2D eigenvalue weighted by Gasteiger charge is -2.37. The van der Waals surface area contributed by atoms with Crippen LogP contribution in [-0.2, 0) is 15.7 Å². The van der Waals surface area contributed by atoms with E-state index in [1.807, 2.05) is 0 Å². The summed E-state index contributed by atoms with van der Waals surface area (Å²) in [7, 11) is 0. The molecule has 0 bridgehead atoms. The van der Waals surface area contributed by atoms with E-state index in [0.29, 0.717) is 24.3 Å². The van der Waals surface area contributed by atoms with E-state index in [1.54, 1.807) is 41.3 Å². The van der Waals surface area contributed by atoms with Crippen LogP contribution in [-0.4, -0.2) is 43.1 Å². The summed E-state index contributed by atoms with van der Waals surface area (Å²) < 4.78 is 43.8. The first-order valence-electron chi connectivity index (χ1n) is 8.98. The number of rotatable bonds is 4. The molecule has 2 aromatic rings. The molecule has 1 atom stereocenters. The van der Waals surface area contributed by atoms with E-state index in [4.69, 9.17) is 10.5 Å². The fourth-order valence-electron chi connectivity index (χ4n) is 3.23. The number of piperazine rings is 1. The average Bonchev–Trinajstić information content (AvgIpc) is 2.72. The molecule has 1 heterocycles. The van der Waals surface area contributed by atoms with Gasteiger partial charge >= 0.3 is 12.3 Å². The van der Waals surface area contributed by atoms with Crippen molar-refractivity contribution < 1.29 is 27.5 Å². The van der Waals surface area contributed by atoms with E-state index >= 15 is 0 Å². The maximum Gasteiger partial charge on any atom is 0.416 e. The third-order valence-electron chi connectivity index (χ3n) is 4.69. The van der Waals surface area contributed by atoms with Crippen LogP contribution in [0.5, 0.6) is 0 Å². The monoisotopic (exact) mass is 407 g/mol. The van der Waals surface area contributed by atoms with Crippen molar-refractivity contribution in [2.45, 2.75) is 12.3 Å². The van der Waals surface area contributed by atoms with Gasteiger partial charge in [-0.3, -0.25) is 4.79 Å². The van der Waals surface area contributed by atoms with Crippen molar-refractivity contribution in [3.8, 4) is 0 Å². The van der Waals surface area contributed by atoms with Crippen molar-refractivity contribution in [2.24, 2.45) is 5.73 Å². The van der Waals surface area contributed by atoms with Gasteiger partial charge in [-0.1, -0.05) is 36.4 Å². The summed E-state index contributed by atoms with van der Waals surface area (Å²) in [5.41, 5.74) is 5.34.